The first kappa shape index (κ1) is 16.5. The summed E-state index contributed by atoms with van der Waals surface area (Å²) in [5, 5.41) is 12.7. The molecule has 1 aliphatic rings. The zero-order valence-corrected chi connectivity index (χ0v) is 14.3. The standard InChI is InChI=1S/C16H19N5O2S/c1-11-19-20-14(24-11)5-7-18-16(23)12-8-15(22)21(9-12)10-13-4-2-3-6-17-13/h2-4,6,12H,5,7-10H2,1H3,(H,18,23)/t12-/m0/s1. The third-order valence-electron chi connectivity index (χ3n) is 3.87. The predicted molar refractivity (Wildman–Crippen MR) is 89.1 cm³/mol. The van der Waals surface area contributed by atoms with Crippen LogP contribution in [0.5, 0.6) is 0 Å². The number of hydrogen-bond acceptors (Lipinski definition) is 6. The molecule has 1 N–H and O–H groups in total. The van der Waals surface area contributed by atoms with Crippen molar-refractivity contribution in [1.82, 2.24) is 25.4 Å². The minimum Gasteiger partial charge on any atom is -0.355 e. The van der Waals surface area contributed by atoms with Crippen molar-refractivity contribution >= 4 is 23.2 Å². The number of likely N-dealkylation sites (tertiary alicyclic amines) is 1. The van der Waals surface area contributed by atoms with Gasteiger partial charge in [-0.15, -0.1) is 21.5 Å². The first-order chi connectivity index (χ1) is 11.6. The van der Waals surface area contributed by atoms with E-state index in [9.17, 15) is 9.59 Å². The maximum absolute atomic E-state index is 12.2. The van der Waals surface area contributed by atoms with Crippen molar-refractivity contribution in [2.75, 3.05) is 13.1 Å². The number of carbonyl (C=O) groups is 2. The van der Waals surface area contributed by atoms with Gasteiger partial charge in [-0.25, -0.2) is 0 Å². The van der Waals surface area contributed by atoms with Gasteiger partial charge in [-0.2, -0.15) is 0 Å². The Morgan fingerprint density at radius 2 is 2.29 bits per heavy atom. The van der Waals surface area contributed by atoms with Crippen molar-refractivity contribution in [3.05, 3.63) is 40.1 Å². The Bertz CT molecular complexity index is 718. The third kappa shape index (κ3) is 4.14. The van der Waals surface area contributed by atoms with E-state index in [1.54, 1.807) is 11.1 Å². The third-order valence-corrected chi connectivity index (χ3v) is 4.77. The molecule has 126 valence electrons. The summed E-state index contributed by atoms with van der Waals surface area (Å²) in [6, 6.07) is 5.61. The molecule has 1 aliphatic heterocycles. The van der Waals surface area contributed by atoms with E-state index in [1.165, 1.54) is 11.3 Å². The van der Waals surface area contributed by atoms with Crippen molar-refractivity contribution in [2.45, 2.75) is 26.3 Å². The lowest BCUT2D eigenvalue weighted by atomic mass is 10.1. The first-order valence-electron chi connectivity index (χ1n) is 7.86. The van der Waals surface area contributed by atoms with Crippen LogP contribution < -0.4 is 5.32 Å². The first-order valence-corrected chi connectivity index (χ1v) is 8.68. The molecule has 0 radical (unpaired) electrons. The quantitative estimate of drug-likeness (QED) is 0.842. The Balaban J connectivity index is 1.47. The Kier molecular flexibility index (Phi) is 5.14. The summed E-state index contributed by atoms with van der Waals surface area (Å²) in [6.45, 7) is 3.31. The van der Waals surface area contributed by atoms with Gasteiger partial charge in [0.05, 0.1) is 18.2 Å². The lowest BCUT2D eigenvalue weighted by molar-refractivity contribution is -0.129. The molecule has 1 atom stereocenters. The molecule has 1 fully saturated rings. The normalized spacial score (nSPS) is 17.3. The molecular weight excluding hydrogens is 326 g/mol. The molecule has 0 bridgehead atoms. The van der Waals surface area contributed by atoms with Gasteiger partial charge in [-0.1, -0.05) is 6.07 Å². The number of carbonyl (C=O) groups excluding carboxylic acids is 2. The van der Waals surface area contributed by atoms with Crippen LogP contribution in [0.25, 0.3) is 0 Å². The minimum absolute atomic E-state index is 0.000510. The van der Waals surface area contributed by atoms with Crippen LogP contribution in [-0.2, 0) is 22.6 Å². The molecule has 7 nitrogen and oxygen atoms in total. The van der Waals surface area contributed by atoms with Gasteiger partial charge in [0.1, 0.15) is 10.0 Å². The number of amides is 2. The molecule has 0 aliphatic carbocycles. The predicted octanol–water partition coefficient (Wildman–Crippen LogP) is 0.949. The van der Waals surface area contributed by atoms with Crippen LogP contribution >= 0.6 is 11.3 Å². The number of nitrogens with zero attached hydrogens (tertiary/aromatic N) is 4. The zero-order chi connectivity index (χ0) is 16.9. The van der Waals surface area contributed by atoms with Crippen molar-refractivity contribution in [3.8, 4) is 0 Å². The molecule has 2 aromatic rings. The van der Waals surface area contributed by atoms with Crippen molar-refractivity contribution in [2.24, 2.45) is 5.92 Å². The highest BCUT2D eigenvalue weighted by molar-refractivity contribution is 7.11. The van der Waals surface area contributed by atoms with Gasteiger partial charge >= 0.3 is 0 Å². The lowest BCUT2D eigenvalue weighted by Crippen LogP contribution is -2.34. The highest BCUT2D eigenvalue weighted by Gasteiger charge is 2.34. The highest BCUT2D eigenvalue weighted by atomic mass is 32.1. The van der Waals surface area contributed by atoms with E-state index < -0.39 is 0 Å². The summed E-state index contributed by atoms with van der Waals surface area (Å²) in [5.74, 6) is -0.369. The maximum atomic E-state index is 12.2. The van der Waals surface area contributed by atoms with Gasteiger partial charge in [0.25, 0.3) is 0 Å². The van der Waals surface area contributed by atoms with Gasteiger partial charge < -0.3 is 10.2 Å². The molecule has 24 heavy (non-hydrogen) atoms. The zero-order valence-electron chi connectivity index (χ0n) is 13.4. The number of rotatable bonds is 6. The molecule has 0 spiro atoms. The number of pyridine rings is 1. The molecule has 8 heteroatoms. The van der Waals surface area contributed by atoms with Gasteiger partial charge in [0.15, 0.2) is 0 Å². The Labute approximate surface area is 144 Å². The average Bonchev–Trinajstić information content (AvgIpc) is 3.15. The minimum atomic E-state index is -0.294. The van der Waals surface area contributed by atoms with E-state index in [-0.39, 0.29) is 24.2 Å². The molecule has 2 amide bonds. The Morgan fingerprint density at radius 3 is 3.00 bits per heavy atom. The molecule has 0 saturated carbocycles. The molecule has 3 rings (SSSR count). The fraction of sp³-hybridized carbons (Fsp3) is 0.438. The van der Waals surface area contributed by atoms with E-state index in [0.29, 0.717) is 26.1 Å². The second-order valence-electron chi connectivity index (χ2n) is 5.75. The number of aryl methyl sites for hydroxylation is 1. The van der Waals surface area contributed by atoms with E-state index in [0.717, 1.165) is 15.7 Å². The second kappa shape index (κ2) is 7.48. The van der Waals surface area contributed by atoms with Gasteiger partial charge in [-0.05, 0) is 19.1 Å². The summed E-state index contributed by atoms with van der Waals surface area (Å²) in [4.78, 5) is 30.3. The summed E-state index contributed by atoms with van der Waals surface area (Å²) in [6.07, 6.45) is 2.63. The highest BCUT2D eigenvalue weighted by Crippen LogP contribution is 2.19. The van der Waals surface area contributed by atoms with Crippen molar-refractivity contribution < 1.29 is 9.59 Å². The van der Waals surface area contributed by atoms with E-state index in [4.69, 9.17) is 0 Å². The van der Waals surface area contributed by atoms with Crippen molar-refractivity contribution in [3.63, 3.8) is 0 Å². The van der Waals surface area contributed by atoms with Gasteiger partial charge in [-0.3, -0.25) is 14.6 Å². The largest absolute Gasteiger partial charge is 0.355 e. The van der Waals surface area contributed by atoms with Gasteiger partial charge in [0, 0.05) is 32.1 Å². The maximum Gasteiger partial charge on any atom is 0.225 e. The van der Waals surface area contributed by atoms with Crippen LogP contribution in [-0.4, -0.2) is 45.0 Å². The van der Waals surface area contributed by atoms with Crippen LogP contribution in [0.1, 0.15) is 22.1 Å². The monoisotopic (exact) mass is 345 g/mol. The van der Waals surface area contributed by atoms with Crippen LogP contribution in [0, 0.1) is 12.8 Å². The molecule has 1 saturated heterocycles. The fourth-order valence-corrected chi connectivity index (χ4v) is 3.37. The van der Waals surface area contributed by atoms with E-state index in [1.807, 2.05) is 25.1 Å². The second-order valence-corrected chi connectivity index (χ2v) is 7.02. The van der Waals surface area contributed by atoms with Crippen LogP contribution in [0.3, 0.4) is 0 Å². The van der Waals surface area contributed by atoms with E-state index in [2.05, 4.69) is 20.5 Å². The summed E-state index contributed by atoms with van der Waals surface area (Å²) < 4.78 is 0. The average molecular weight is 345 g/mol. The molecule has 2 aromatic heterocycles. The molecule has 0 unspecified atom stereocenters. The summed E-state index contributed by atoms with van der Waals surface area (Å²) in [7, 11) is 0. The lowest BCUT2D eigenvalue weighted by Gasteiger charge is -2.16. The SMILES string of the molecule is Cc1nnc(CCNC(=O)[C@H]2CC(=O)N(Cc3ccccn3)C2)s1. The fourth-order valence-electron chi connectivity index (χ4n) is 2.66. The number of nitrogens with one attached hydrogen (secondary N) is 1. The Hall–Kier alpha value is -2.35. The number of hydrogen-bond donors (Lipinski definition) is 1. The smallest absolute Gasteiger partial charge is 0.225 e. The Morgan fingerprint density at radius 1 is 1.42 bits per heavy atom. The van der Waals surface area contributed by atoms with Crippen LogP contribution in [0.2, 0.25) is 0 Å². The van der Waals surface area contributed by atoms with Crippen molar-refractivity contribution in [1.29, 1.82) is 0 Å². The molecular formula is C16H19N5O2S. The number of aromatic nitrogens is 3. The van der Waals surface area contributed by atoms with Crippen LogP contribution in [0.15, 0.2) is 24.4 Å². The van der Waals surface area contributed by atoms with Crippen LogP contribution in [0.4, 0.5) is 0 Å². The molecule has 0 aromatic carbocycles. The summed E-state index contributed by atoms with van der Waals surface area (Å²) in [5.41, 5.74) is 0.832. The molecule has 3 heterocycles. The van der Waals surface area contributed by atoms with E-state index >= 15 is 0 Å². The summed E-state index contributed by atoms with van der Waals surface area (Å²) >= 11 is 1.53. The topological polar surface area (TPSA) is 88.1 Å². The van der Waals surface area contributed by atoms with Gasteiger partial charge in [0.2, 0.25) is 11.8 Å².